The van der Waals surface area contributed by atoms with Gasteiger partial charge in [-0.15, -0.1) is 11.3 Å². The van der Waals surface area contributed by atoms with E-state index in [9.17, 15) is 0 Å². The third-order valence-electron chi connectivity index (χ3n) is 9.34. The van der Waals surface area contributed by atoms with Crippen molar-refractivity contribution in [3.05, 3.63) is 164 Å². The largest absolute Gasteiger partial charge is 0.456 e. The minimum atomic E-state index is 0.636. The Morgan fingerprint density at radius 1 is 0.360 bits per heavy atom. The predicted molar refractivity (Wildman–Crippen MR) is 207 cm³/mol. The molecule has 10 rings (SSSR count). The summed E-state index contributed by atoms with van der Waals surface area (Å²) in [5.41, 5.74) is 9.17. The Morgan fingerprint density at radius 3 is 1.66 bits per heavy atom. The Balaban J connectivity index is 1.19. The van der Waals surface area contributed by atoms with Crippen molar-refractivity contribution < 1.29 is 4.42 Å². The lowest BCUT2D eigenvalue weighted by molar-refractivity contribution is 0.669. The number of aromatic nitrogens is 3. The molecule has 10 aromatic rings. The first-order valence-electron chi connectivity index (χ1n) is 16.6. The number of hydrogen-bond acceptors (Lipinski definition) is 5. The lowest BCUT2D eigenvalue weighted by atomic mass is 9.95. The first-order chi connectivity index (χ1) is 24.7. The zero-order valence-electron chi connectivity index (χ0n) is 26.7. The SMILES string of the molecule is c1ccc(-c2ccc(-c3nc(-c4ccccc4)nc(-c4cc(-c5ccc6oc7ccccc7c6c5)c5c(c4)sc4ccccc45)n3)cc2)cc1. The third kappa shape index (κ3) is 4.87. The van der Waals surface area contributed by atoms with Crippen molar-refractivity contribution in [3.63, 3.8) is 0 Å². The zero-order chi connectivity index (χ0) is 33.0. The van der Waals surface area contributed by atoms with Crippen molar-refractivity contribution in [1.29, 1.82) is 0 Å². The van der Waals surface area contributed by atoms with E-state index in [2.05, 4.69) is 115 Å². The summed E-state index contributed by atoms with van der Waals surface area (Å²) in [5, 5.41) is 4.69. The highest BCUT2D eigenvalue weighted by Crippen LogP contribution is 2.44. The van der Waals surface area contributed by atoms with Crippen molar-refractivity contribution in [2.75, 3.05) is 0 Å². The number of thiophene rings is 1. The topological polar surface area (TPSA) is 51.8 Å². The lowest BCUT2D eigenvalue weighted by Crippen LogP contribution is -2.00. The number of furan rings is 1. The molecule has 0 aliphatic rings. The van der Waals surface area contributed by atoms with Crippen LogP contribution in [-0.2, 0) is 0 Å². The second-order valence-electron chi connectivity index (χ2n) is 12.4. The molecule has 50 heavy (non-hydrogen) atoms. The molecule has 0 spiro atoms. The molecule has 0 atom stereocenters. The molecule has 0 N–H and O–H groups in total. The van der Waals surface area contributed by atoms with Gasteiger partial charge in [0, 0.05) is 47.6 Å². The number of para-hydroxylation sites is 1. The molecule has 0 fully saturated rings. The molecule has 3 heterocycles. The summed E-state index contributed by atoms with van der Waals surface area (Å²) in [5.74, 6) is 1.91. The van der Waals surface area contributed by atoms with Crippen molar-refractivity contribution in [1.82, 2.24) is 15.0 Å². The molecular formula is C45H27N3OS. The Morgan fingerprint density at radius 2 is 0.900 bits per heavy atom. The standard InChI is InChI=1S/C45H27N3OS/c1-3-11-28(12-4-1)29-19-21-31(22-20-29)44-46-43(30-13-5-2-6-14-30)47-45(48-44)33-26-36(42-35-16-8-10-18-40(35)50-41(42)27-33)32-23-24-39-37(25-32)34-15-7-9-17-38(34)49-39/h1-27H. The molecule has 0 aliphatic heterocycles. The van der Waals surface area contributed by atoms with Gasteiger partial charge in [0.05, 0.1) is 0 Å². The van der Waals surface area contributed by atoms with Crippen molar-refractivity contribution >= 4 is 53.4 Å². The smallest absolute Gasteiger partial charge is 0.164 e. The summed E-state index contributed by atoms with van der Waals surface area (Å²) in [7, 11) is 0. The Bertz CT molecular complexity index is 2860. The minimum absolute atomic E-state index is 0.636. The molecule has 234 valence electrons. The highest BCUT2D eigenvalue weighted by Gasteiger charge is 2.19. The molecule has 0 radical (unpaired) electrons. The van der Waals surface area contributed by atoms with Crippen LogP contribution in [0.2, 0.25) is 0 Å². The maximum absolute atomic E-state index is 6.20. The molecule has 5 heteroatoms. The van der Waals surface area contributed by atoms with Gasteiger partial charge in [-0.3, -0.25) is 0 Å². The maximum atomic E-state index is 6.20. The van der Waals surface area contributed by atoms with Gasteiger partial charge in [-0.1, -0.05) is 127 Å². The summed E-state index contributed by atoms with van der Waals surface area (Å²) in [4.78, 5) is 15.3. The van der Waals surface area contributed by atoms with Gasteiger partial charge in [-0.05, 0) is 58.7 Å². The molecule has 0 bridgehead atoms. The van der Waals surface area contributed by atoms with E-state index in [1.54, 1.807) is 11.3 Å². The molecule has 7 aromatic carbocycles. The highest BCUT2D eigenvalue weighted by atomic mass is 32.1. The number of fused-ring (bicyclic) bond motifs is 6. The van der Waals surface area contributed by atoms with Gasteiger partial charge in [-0.25, -0.2) is 15.0 Å². The minimum Gasteiger partial charge on any atom is -0.456 e. The fourth-order valence-corrected chi connectivity index (χ4v) is 8.07. The second kappa shape index (κ2) is 11.6. The first kappa shape index (κ1) is 28.6. The van der Waals surface area contributed by atoms with Crippen LogP contribution < -0.4 is 0 Å². The molecular weight excluding hydrogens is 631 g/mol. The van der Waals surface area contributed by atoms with Crippen LogP contribution in [0.15, 0.2) is 168 Å². The van der Waals surface area contributed by atoms with Crippen LogP contribution >= 0.6 is 11.3 Å². The lowest BCUT2D eigenvalue weighted by Gasteiger charge is -2.12. The van der Waals surface area contributed by atoms with Gasteiger partial charge in [0.2, 0.25) is 0 Å². The van der Waals surface area contributed by atoms with E-state index in [1.165, 1.54) is 25.7 Å². The van der Waals surface area contributed by atoms with Crippen molar-refractivity contribution in [2.45, 2.75) is 0 Å². The summed E-state index contributed by atoms with van der Waals surface area (Å²) in [6.07, 6.45) is 0. The van der Waals surface area contributed by atoms with Crippen LogP contribution in [-0.4, -0.2) is 15.0 Å². The number of benzene rings is 7. The summed E-state index contributed by atoms with van der Waals surface area (Å²) in [6.45, 7) is 0. The number of rotatable bonds is 5. The Kier molecular flexibility index (Phi) is 6.64. The summed E-state index contributed by atoms with van der Waals surface area (Å²) < 4.78 is 8.63. The molecule has 0 amide bonds. The first-order valence-corrected chi connectivity index (χ1v) is 17.4. The monoisotopic (exact) mass is 657 g/mol. The van der Waals surface area contributed by atoms with Crippen molar-refractivity contribution in [2.24, 2.45) is 0 Å². The van der Waals surface area contributed by atoms with Gasteiger partial charge in [0.15, 0.2) is 17.5 Å². The average Bonchev–Trinajstić information content (AvgIpc) is 3.76. The predicted octanol–water partition coefficient (Wildman–Crippen LogP) is 12.5. The van der Waals surface area contributed by atoms with E-state index in [0.29, 0.717) is 17.5 Å². The number of nitrogens with zero attached hydrogens (tertiary/aromatic N) is 3. The maximum Gasteiger partial charge on any atom is 0.164 e. The molecule has 0 aliphatic carbocycles. The number of hydrogen-bond donors (Lipinski definition) is 0. The zero-order valence-corrected chi connectivity index (χ0v) is 27.6. The van der Waals surface area contributed by atoms with Crippen molar-refractivity contribution in [3.8, 4) is 56.4 Å². The Hall–Kier alpha value is -6.43. The molecule has 0 saturated heterocycles. The van der Waals surface area contributed by atoms with E-state index >= 15 is 0 Å². The van der Waals surface area contributed by atoms with Crippen LogP contribution in [0.25, 0.3) is 98.5 Å². The van der Waals surface area contributed by atoms with Crippen LogP contribution in [0.4, 0.5) is 0 Å². The third-order valence-corrected chi connectivity index (χ3v) is 10.5. The molecule has 0 saturated carbocycles. The van der Waals surface area contributed by atoms with Crippen LogP contribution in [0.5, 0.6) is 0 Å². The molecule has 3 aromatic heterocycles. The molecule has 0 unspecified atom stereocenters. The van der Waals surface area contributed by atoms with Crippen LogP contribution in [0.1, 0.15) is 0 Å². The van der Waals surface area contributed by atoms with E-state index < -0.39 is 0 Å². The Labute approximate surface area is 292 Å². The normalized spacial score (nSPS) is 11.6. The van der Waals surface area contributed by atoms with Gasteiger partial charge in [-0.2, -0.15) is 0 Å². The summed E-state index contributed by atoms with van der Waals surface area (Å²) >= 11 is 1.80. The van der Waals surface area contributed by atoms with Gasteiger partial charge in [0.25, 0.3) is 0 Å². The van der Waals surface area contributed by atoms with E-state index in [4.69, 9.17) is 19.4 Å². The fourth-order valence-electron chi connectivity index (χ4n) is 6.90. The van der Waals surface area contributed by atoms with E-state index in [0.717, 1.165) is 55.3 Å². The van der Waals surface area contributed by atoms with Gasteiger partial charge < -0.3 is 4.42 Å². The van der Waals surface area contributed by atoms with Gasteiger partial charge in [0.1, 0.15) is 11.2 Å². The summed E-state index contributed by atoms with van der Waals surface area (Å²) in [6, 6.07) is 56.9. The van der Waals surface area contributed by atoms with E-state index in [-0.39, 0.29) is 0 Å². The average molecular weight is 658 g/mol. The van der Waals surface area contributed by atoms with Crippen LogP contribution in [0.3, 0.4) is 0 Å². The quantitative estimate of drug-likeness (QED) is 0.185. The van der Waals surface area contributed by atoms with E-state index in [1.807, 2.05) is 48.5 Å². The molecule has 4 nitrogen and oxygen atoms in total. The fraction of sp³-hybridized carbons (Fsp3) is 0. The van der Waals surface area contributed by atoms with Crippen LogP contribution in [0, 0.1) is 0 Å². The second-order valence-corrected chi connectivity index (χ2v) is 13.5. The highest BCUT2D eigenvalue weighted by molar-refractivity contribution is 7.26. The van der Waals surface area contributed by atoms with Gasteiger partial charge >= 0.3 is 0 Å².